The van der Waals surface area contributed by atoms with Crippen molar-refractivity contribution in [3.8, 4) is 17.6 Å². The summed E-state index contributed by atoms with van der Waals surface area (Å²) in [4.78, 5) is 18.6. The number of aromatic nitrogens is 2. The van der Waals surface area contributed by atoms with Gasteiger partial charge in [-0.15, -0.1) is 0 Å². The van der Waals surface area contributed by atoms with Crippen LogP contribution in [0, 0.1) is 11.8 Å². The van der Waals surface area contributed by atoms with Crippen molar-refractivity contribution < 1.29 is 14.6 Å². The topological polar surface area (TPSA) is 75.1 Å². The van der Waals surface area contributed by atoms with E-state index in [1.165, 1.54) is 12.4 Å². The van der Waals surface area contributed by atoms with Crippen LogP contribution in [0.5, 0.6) is 5.75 Å². The van der Waals surface area contributed by atoms with Crippen molar-refractivity contribution in [3.63, 3.8) is 0 Å². The minimum atomic E-state index is -1.18. The largest absolute Gasteiger partial charge is 0.550 e. The van der Waals surface area contributed by atoms with E-state index in [4.69, 9.17) is 4.74 Å². The average Bonchev–Trinajstić information content (AvgIpc) is 2.54. The molecule has 2 aromatic rings. The summed E-state index contributed by atoms with van der Waals surface area (Å²) < 4.78 is 5.70. The quantitative estimate of drug-likeness (QED) is 0.778. The van der Waals surface area contributed by atoms with Gasteiger partial charge in [-0.05, 0) is 36.0 Å². The van der Waals surface area contributed by atoms with Crippen LogP contribution in [-0.4, -0.2) is 22.5 Å². The van der Waals surface area contributed by atoms with Gasteiger partial charge in [-0.1, -0.05) is 19.8 Å². The maximum Gasteiger partial charge on any atom is 0.131 e. The van der Waals surface area contributed by atoms with Crippen molar-refractivity contribution in [1.29, 1.82) is 0 Å². The van der Waals surface area contributed by atoms with E-state index in [0.717, 1.165) is 29.9 Å². The van der Waals surface area contributed by atoms with Gasteiger partial charge in [0.1, 0.15) is 11.4 Å². The molecule has 0 saturated heterocycles. The van der Waals surface area contributed by atoms with Crippen LogP contribution in [0.3, 0.4) is 0 Å². The smallest absolute Gasteiger partial charge is 0.131 e. The zero-order chi connectivity index (χ0) is 17.2. The molecule has 1 aromatic heterocycles. The van der Waals surface area contributed by atoms with Gasteiger partial charge in [-0.25, -0.2) is 4.98 Å². The van der Waals surface area contributed by atoms with E-state index >= 15 is 0 Å². The summed E-state index contributed by atoms with van der Waals surface area (Å²) in [5, 5.41) is 10.5. The van der Waals surface area contributed by atoms with Gasteiger partial charge in [0.15, 0.2) is 0 Å². The van der Waals surface area contributed by atoms with Crippen molar-refractivity contribution in [2.45, 2.75) is 32.1 Å². The van der Waals surface area contributed by atoms with Crippen LogP contribution >= 0.6 is 0 Å². The van der Waals surface area contributed by atoms with Crippen LogP contribution in [0.15, 0.2) is 30.6 Å². The van der Waals surface area contributed by atoms with Crippen molar-refractivity contribution in [2.75, 3.05) is 6.61 Å². The Balaban J connectivity index is 1.82. The Kier molecular flexibility index (Phi) is 4.22. The highest BCUT2D eigenvalue weighted by Crippen LogP contribution is 2.38. The Labute approximate surface area is 140 Å². The molecule has 24 heavy (non-hydrogen) atoms. The fraction of sp³-hybridized carbons (Fsp3) is 0.316. The van der Waals surface area contributed by atoms with Crippen LogP contribution in [0.4, 0.5) is 0 Å². The molecule has 0 saturated carbocycles. The van der Waals surface area contributed by atoms with E-state index in [1.54, 1.807) is 0 Å². The number of carbonyl (C=O) groups is 1. The highest BCUT2D eigenvalue weighted by Gasteiger charge is 2.28. The Bertz CT molecular complexity index is 830. The van der Waals surface area contributed by atoms with Crippen molar-refractivity contribution in [2.24, 2.45) is 0 Å². The van der Waals surface area contributed by atoms with E-state index in [0.29, 0.717) is 11.4 Å². The Morgan fingerprint density at radius 2 is 2.12 bits per heavy atom. The standard InChI is InChI=1S/C19H18N2O3/c1-19(2)7-8-24-17-6-4-13(9-16(17)19)3-5-14-11-21-15(12-20-14)10-18(22)23/h4,6,9,11-12H,7-8,10H2,1-2H3,(H,22,23)/p-1. The molecule has 1 aromatic carbocycles. The molecule has 0 unspecified atom stereocenters. The number of hydrogen-bond acceptors (Lipinski definition) is 5. The molecule has 0 amide bonds. The molecule has 5 nitrogen and oxygen atoms in total. The molecule has 0 bridgehead atoms. The van der Waals surface area contributed by atoms with E-state index in [1.807, 2.05) is 12.1 Å². The number of aliphatic carboxylic acids is 1. The number of fused-ring (bicyclic) bond motifs is 1. The van der Waals surface area contributed by atoms with Gasteiger partial charge in [0.25, 0.3) is 0 Å². The molecule has 0 spiro atoms. The van der Waals surface area contributed by atoms with Gasteiger partial charge in [0.05, 0.1) is 24.7 Å². The van der Waals surface area contributed by atoms with Gasteiger partial charge in [-0.3, -0.25) is 4.98 Å². The van der Waals surface area contributed by atoms with Crippen LogP contribution < -0.4 is 9.84 Å². The number of hydrogen-bond donors (Lipinski definition) is 0. The minimum absolute atomic E-state index is 0.0671. The molecule has 0 fully saturated rings. The number of nitrogens with zero attached hydrogens (tertiary/aromatic N) is 2. The Morgan fingerprint density at radius 3 is 2.83 bits per heavy atom. The zero-order valence-corrected chi connectivity index (χ0v) is 13.6. The van der Waals surface area contributed by atoms with E-state index in [-0.39, 0.29) is 11.8 Å². The summed E-state index contributed by atoms with van der Waals surface area (Å²) in [6, 6.07) is 5.93. The number of rotatable bonds is 2. The first-order chi connectivity index (χ1) is 11.4. The van der Waals surface area contributed by atoms with Crippen LogP contribution in [-0.2, 0) is 16.6 Å². The first kappa shape index (κ1) is 16.0. The minimum Gasteiger partial charge on any atom is -0.550 e. The maximum atomic E-state index is 10.5. The van der Waals surface area contributed by atoms with Crippen molar-refractivity contribution in [3.05, 3.63) is 53.1 Å². The third kappa shape index (κ3) is 3.54. The second kappa shape index (κ2) is 6.32. The molecule has 122 valence electrons. The molecule has 1 aliphatic heterocycles. The van der Waals surface area contributed by atoms with E-state index in [9.17, 15) is 9.90 Å². The number of benzene rings is 1. The monoisotopic (exact) mass is 321 g/mol. The first-order valence-corrected chi connectivity index (χ1v) is 7.74. The summed E-state index contributed by atoms with van der Waals surface area (Å²) in [5.41, 5.74) is 2.96. The summed E-state index contributed by atoms with van der Waals surface area (Å²) in [6.45, 7) is 5.14. The number of carboxylic acids is 1. The number of carboxylic acid groups (broad SMARTS) is 1. The molecule has 3 rings (SSSR count). The third-order valence-electron chi connectivity index (χ3n) is 4.06. The lowest BCUT2D eigenvalue weighted by Gasteiger charge is -2.32. The second-order valence-electron chi connectivity index (χ2n) is 6.39. The SMILES string of the molecule is CC1(C)CCOc2ccc(C#Cc3cnc(CC(=O)[O-])cn3)cc21. The van der Waals surface area contributed by atoms with E-state index < -0.39 is 5.97 Å². The molecule has 2 heterocycles. The summed E-state index contributed by atoms with van der Waals surface area (Å²) in [6.07, 6.45) is 3.60. The predicted molar refractivity (Wildman–Crippen MR) is 86.3 cm³/mol. The van der Waals surface area contributed by atoms with Gasteiger partial charge >= 0.3 is 0 Å². The normalized spacial score (nSPS) is 14.8. The highest BCUT2D eigenvalue weighted by molar-refractivity contribution is 5.67. The van der Waals surface area contributed by atoms with Gasteiger partial charge in [-0.2, -0.15) is 0 Å². The average molecular weight is 321 g/mol. The van der Waals surface area contributed by atoms with Crippen molar-refractivity contribution >= 4 is 5.97 Å². The molecule has 1 aliphatic rings. The lowest BCUT2D eigenvalue weighted by atomic mass is 9.79. The summed E-state index contributed by atoms with van der Waals surface area (Å²) in [5.74, 6) is 5.76. The van der Waals surface area contributed by atoms with Gasteiger partial charge in [0.2, 0.25) is 0 Å². The van der Waals surface area contributed by atoms with Crippen LogP contribution in [0.1, 0.15) is 42.8 Å². The summed E-state index contributed by atoms with van der Waals surface area (Å²) >= 11 is 0. The predicted octanol–water partition coefficient (Wildman–Crippen LogP) is 1.23. The molecule has 5 heteroatoms. The Hall–Kier alpha value is -2.87. The molecule has 0 atom stereocenters. The van der Waals surface area contributed by atoms with Crippen LogP contribution in [0.25, 0.3) is 0 Å². The fourth-order valence-corrected chi connectivity index (χ4v) is 2.61. The number of ether oxygens (including phenoxy) is 1. The molecule has 0 N–H and O–H groups in total. The second-order valence-corrected chi connectivity index (χ2v) is 6.39. The van der Waals surface area contributed by atoms with Crippen LogP contribution in [0.2, 0.25) is 0 Å². The molecular weight excluding hydrogens is 304 g/mol. The first-order valence-electron chi connectivity index (χ1n) is 7.74. The lowest BCUT2D eigenvalue weighted by Crippen LogP contribution is -2.26. The molecule has 0 radical (unpaired) electrons. The molecule has 0 aliphatic carbocycles. The Morgan fingerprint density at radius 1 is 1.29 bits per heavy atom. The van der Waals surface area contributed by atoms with Gasteiger partial charge in [0, 0.05) is 23.5 Å². The lowest BCUT2D eigenvalue weighted by molar-refractivity contribution is -0.304. The highest BCUT2D eigenvalue weighted by atomic mass is 16.5. The number of carbonyl (C=O) groups excluding carboxylic acids is 1. The van der Waals surface area contributed by atoms with Gasteiger partial charge < -0.3 is 14.6 Å². The fourth-order valence-electron chi connectivity index (χ4n) is 2.61. The zero-order valence-electron chi connectivity index (χ0n) is 13.6. The summed E-state index contributed by atoms with van der Waals surface area (Å²) in [7, 11) is 0. The molecular formula is C19H17N2O3-. The third-order valence-corrected chi connectivity index (χ3v) is 4.06. The maximum absolute atomic E-state index is 10.5. The van der Waals surface area contributed by atoms with E-state index in [2.05, 4.69) is 41.7 Å². The van der Waals surface area contributed by atoms with Crippen molar-refractivity contribution in [1.82, 2.24) is 9.97 Å².